The molecule has 1 amide bonds. The Labute approximate surface area is 106 Å². The van der Waals surface area contributed by atoms with Gasteiger partial charge < -0.3 is 10.6 Å². The number of carbonyl (C=O) groups excluding carboxylic acids is 1. The maximum atomic E-state index is 13.3. The molecule has 0 aliphatic carbocycles. The summed E-state index contributed by atoms with van der Waals surface area (Å²) in [4.78, 5) is 13.4. The standard InChI is InChI=1S/C13H18F2N2O/c1-4-8(2)7-17(3)13(18)9-5-10(14)12(16)11(15)6-9/h5-6,8H,4,7,16H2,1-3H3. The van der Waals surface area contributed by atoms with Gasteiger partial charge in [-0.2, -0.15) is 0 Å². The van der Waals surface area contributed by atoms with Crippen LogP contribution in [0.1, 0.15) is 30.6 Å². The van der Waals surface area contributed by atoms with Gasteiger partial charge in [0.15, 0.2) is 0 Å². The molecule has 0 fully saturated rings. The molecule has 0 spiro atoms. The van der Waals surface area contributed by atoms with E-state index in [4.69, 9.17) is 5.73 Å². The summed E-state index contributed by atoms with van der Waals surface area (Å²) in [6.07, 6.45) is 0.933. The third kappa shape index (κ3) is 3.18. The van der Waals surface area contributed by atoms with Crippen molar-refractivity contribution in [1.29, 1.82) is 0 Å². The summed E-state index contributed by atoms with van der Waals surface area (Å²) >= 11 is 0. The van der Waals surface area contributed by atoms with E-state index in [-0.39, 0.29) is 5.56 Å². The second kappa shape index (κ2) is 5.80. The highest BCUT2D eigenvalue weighted by atomic mass is 19.1. The smallest absolute Gasteiger partial charge is 0.253 e. The number of nitrogen functional groups attached to an aromatic ring is 1. The van der Waals surface area contributed by atoms with Gasteiger partial charge in [-0.3, -0.25) is 4.79 Å². The van der Waals surface area contributed by atoms with Gasteiger partial charge >= 0.3 is 0 Å². The Bertz CT molecular complexity index is 426. The Balaban J connectivity index is 2.90. The Hall–Kier alpha value is -1.65. The number of rotatable bonds is 4. The third-order valence-corrected chi connectivity index (χ3v) is 2.96. The fourth-order valence-corrected chi connectivity index (χ4v) is 1.61. The van der Waals surface area contributed by atoms with Crippen LogP contribution in [0.5, 0.6) is 0 Å². The van der Waals surface area contributed by atoms with E-state index < -0.39 is 23.2 Å². The van der Waals surface area contributed by atoms with Crippen LogP contribution in [0.4, 0.5) is 14.5 Å². The highest BCUT2D eigenvalue weighted by Gasteiger charge is 2.17. The molecule has 0 radical (unpaired) electrons. The number of nitrogens with zero attached hydrogens (tertiary/aromatic N) is 1. The fraction of sp³-hybridized carbons (Fsp3) is 0.462. The topological polar surface area (TPSA) is 46.3 Å². The molecule has 0 aromatic heterocycles. The lowest BCUT2D eigenvalue weighted by molar-refractivity contribution is 0.0774. The predicted octanol–water partition coefficient (Wildman–Crippen LogP) is 2.67. The number of anilines is 1. The molecule has 0 heterocycles. The van der Waals surface area contributed by atoms with Crippen LogP contribution in [-0.4, -0.2) is 24.4 Å². The Morgan fingerprint density at radius 1 is 1.39 bits per heavy atom. The minimum Gasteiger partial charge on any atom is -0.394 e. The van der Waals surface area contributed by atoms with Crippen LogP contribution in [0.25, 0.3) is 0 Å². The van der Waals surface area contributed by atoms with Crippen molar-refractivity contribution in [2.45, 2.75) is 20.3 Å². The van der Waals surface area contributed by atoms with E-state index in [1.165, 1.54) is 4.90 Å². The van der Waals surface area contributed by atoms with Gasteiger partial charge in [-0.25, -0.2) is 8.78 Å². The number of hydrogen-bond donors (Lipinski definition) is 1. The monoisotopic (exact) mass is 256 g/mol. The quantitative estimate of drug-likeness (QED) is 0.842. The van der Waals surface area contributed by atoms with Crippen LogP contribution in [-0.2, 0) is 0 Å². The highest BCUT2D eigenvalue weighted by Crippen LogP contribution is 2.18. The van der Waals surface area contributed by atoms with Gasteiger partial charge in [-0.15, -0.1) is 0 Å². The minimum absolute atomic E-state index is 0.0231. The number of nitrogens with two attached hydrogens (primary N) is 1. The van der Waals surface area contributed by atoms with E-state index >= 15 is 0 Å². The molecule has 0 saturated carbocycles. The van der Waals surface area contributed by atoms with E-state index in [1.807, 2.05) is 13.8 Å². The Morgan fingerprint density at radius 3 is 2.33 bits per heavy atom. The highest BCUT2D eigenvalue weighted by molar-refractivity contribution is 5.94. The molecule has 100 valence electrons. The van der Waals surface area contributed by atoms with Crippen molar-refractivity contribution < 1.29 is 13.6 Å². The summed E-state index contributed by atoms with van der Waals surface area (Å²) in [7, 11) is 1.61. The minimum atomic E-state index is -0.907. The number of amides is 1. The summed E-state index contributed by atoms with van der Waals surface area (Å²) in [6.45, 7) is 4.57. The molecular formula is C13H18F2N2O. The summed E-state index contributed by atoms with van der Waals surface area (Å²) in [5.74, 6) is -1.89. The molecule has 18 heavy (non-hydrogen) atoms. The molecule has 2 N–H and O–H groups in total. The van der Waals surface area contributed by atoms with Crippen molar-refractivity contribution in [3.8, 4) is 0 Å². The van der Waals surface area contributed by atoms with Crippen molar-refractivity contribution in [1.82, 2.24) is 4.90 Å². The molecule has 0 bridgehead atoms. The van der Waals surface area contributed by atoms with E-state index in [0.717, 1.165) is 18.6 Å². The second-order valence-electron chi connectivity index (χ2n) is 4.55. The van der Waals surface area contributed by atoms with Crippen LogP contribution in [0.15, 0.2) is 12.1 Å². The molecule has 1 rings (SSSR count). The predicted molar refractivity (Wildman–Crippen MR) is 67.2 cm³/mol. The fourth-order valence-electron chi connectivity index (χ4n) is 1.61. The van der Waals surface area contributed by atoms with Crippen LogP contribution in [0.3, 0.4) is 0 Å². The zero-order valence-electron chi connectivity index (χ0n) is 10.8. The molecule has 0 saturated heterocycles. The van der Waals surface area contributed by atoms with Gasteiger partial charge in [-0.05, 0) is 18.1 Å². The zero-order valence-corrected chi connectivity index (χ0v) is 10.8. The van der Waals surface area contributed by atoms with E-state index in [0.29, 0.717) is 12.5 Å². The first kappa shape index (κ1) is 14.4. The van der Waals surface area contributed by atoms with Crippen LogP contribution < -0.4 is 5.73 Å². The van der Waals surface area contributed by atoms with Crippen LogP contribution >= 0.6 is 0 Å². The lowest BCUT2D eigenvalue weighted by atomic mass is 10.1. The summed E-state index contributed by atoms with van der Waals surface area (Å²) in [5, 5.41) is 0. The van der Waals surface area contributed by atoms with Gasteiger partial charge in [0, 0.05) is 19.2 Å². The Morgan fingerprint density at radius 2 is 1.89 bits per heavy atom. The molecule has 3 nitrogen and oxygen atoms in total. The van der Waals surface area contributed by atoms with Crippen LogP contribution in [0, 0.1) is 17.6 Å². The maximum Gasteiger partial charge on any atom is 0.253 e. The molecule has 5 heteroatoms. The number of carbonyl (C=O) groups is 1. The molecule has 1 atom stereocenters. The second-order valence-corrected chi connectivity index (χ2v) is 4.55. The number of halogens is 2. The number of benzene rings is 1. The van der Waals surface area contributed by atoms with Gasteiger partial charge in [0.2, 0.25) is 0 Å². The lowest BCUT2D eigenvalue weighted by Gasteiger charge is -2.21. The molecule has 0 aliphatic rings. The summed E-state index contributed by atoms with van der Waals surface area (Å²) in [5.41, 5.74) is 4.57. The van der Waals surface area contributed by atoms with Crippen molar-refractivity contribution in [2.75, 3.05) is 19.3 Å². The van der Waals surface area contributed by atoms with Gasteiger partial charge in [0.1, 0.15) is 17.3 Å². The van der Waals surface area contributed by atoms with Crippen molar-refractivity contribution in [3.63, 3.8) is 0 Å². The first-order valence-electron chi connectivity index (χ1n) is 5.86. The van der Waals surface area contributed by atoms with Gasteiger partial charge in [-0.1, -0.05) is 20.3 Å². The summed E-state index contributed by atoms with van der Waals surface area (Å²) in [6, 6.07) is 1.93. The average Bonchev–Trinajstić information content (AvgIpc) is 2.33. The van der Waals surface area contributed by atoms with E-state index in [9.17, 15) is 13.6 Å². The zero-order chi connectivity index (χ0) is 13.9. The normalized spacial score (nSPS) is 12.3. The Kier molecular flexibility index (Phi) is 4.64. The number of hydrogen-bond acceptors (Lipinski definition) is 2. The summed E-state index contributed by atoms with van der Waals surface area (Å²) < 4.78 is 26.5. The first-order valence-corrected chi connectivity index (χ1v) is 5.86. The molecule has 1 aromatic carbocycles. The largest absolute Gasteiger partial charge is 0.394 e. The first-order chi connectivity index (χ1) is 8.36. The van der Waals surface area contributed by atoms with E-state index in [2.05, 4.69) is 0 Å². The van der Waals surface area contributed by atoms with E-state index in [1.54, 1.807) is 7.05 Å². The van der Waals surface area contributed by atoms with Crippen molar-refractivity contribution in [3.05, 3.63) is 29.3 Å². The van der Waals surface area contributed by atoms with Crippen molar-refractivity contribution >= 4 is 11.6 Å². The van der Waals surface area contributed by atoms with Crippen LogP contribution in [0.2, 0.25) is 0 Å². The third-order valence-electron chi connectivity index (χ3n) is 2.96. The molecule has 1 aromatic rings. The van der Waals surface area contributed by atoms with Gasteiger partial charge in [0.05, 0.1) is 0 Å². The van der Waals surface area contributed by atoms with Crippen molar-refractivity contribution in [2.24, 2.45) is 5.92 Å². The SMILES string of the molecule is CCC(C)CN(C)C(=O)c1cc(F)c(N)c(F)c1. The molecular weight excluding hydrogens is 238 g/mol. The molecule has 1 unspecified atom stereocenters. The average molecular weight is 256 g/mol. The maximum absolute atomic E-state index is 13.3. The lowest BCUT2D eigenvalue weighted by Crippen LogP contribution is -2.31. The van der Waals surface area contributed by atoms with Gasteiger partial charge in [0.25, 0.3) is 5.91 Å². The molecule has 0 aliphatic heterocycles.